The highest BCUT2D eigenvalue weighted by Crippen LogP contribution is 2.22. The Morgan fingerprint density at radius 2 is 1.61 bits per heavy atom. The number of hydrogen-bond donors (Lipinski definition) is 0. The predicted octanol–water partition coefficient (Wildman–Crippen LogP) is 2.00. The predicted molar refractivity (Wildman–Crippen MR) is 122 cm³/mol. The van der Waals surface area contributed by atoms with Crippen LogP contribution in [0.25, 0.3) is 10.8 Å². The minimum Gasteiger partial charge on any atom is -0.335 e. The zero-order valence-electron chi connectivity index (χ0n) is 18.3. The summed E-state index contributed by atoms with van der Waals surface area (Å²) in [6, 6.07) is 14.6. The van der Waals surface area contributed by atoms with Crippen LogP contribution in [-0.2, 0) is 10.0 Å². The highest BCUT2D eigenvalue weighted by atomic mass is 32.2. The Morgan fingerprint density at radius 3 is 2.24 bits per heavy atom. The van der Waals surface area contributed by atoms with E-state index in [-0.39, 0.29) is 59.8 Å². The maximum absolute atomic E-state index is 13.4. The van der Waals surface area contributed by atoms with Crippen molar-refractivity contribution in [2.24, 2.45) is 0 Å². The molecule has 33 heavy (non-hydrogen) atoms. The molecule has 1 fully saturated rings. The van der Waals surface area contributed by atoms with Crippen molar-refractivity contribution in [3.63, 3.8) is 0 Å². The number of nitrogens with zero attached hydrogens (tertiary/aromatic N) is 5. The standard InChI is InChI=1S/C23H23N5O4S/c1-16(2)28-22(29)19-9-5-4-8-18(19)21(25-28)23(30)26-11-13-27(14-12-26)33(31,32)20-10-6-3-7-17(20)15-24/h3-10,16H,11-14H2,1-2H3. The molecule has 0 spiro atoms. The molecule has 0 N–H and O–H groups in total. The molecular weight excluding hydrogens is 442 g/mol. The zero-order valence-corrected chi connectivity index (χ0v) is 19.1. The first kappa shape index (κ1) is 22.6. The second kappa shape index (κ2) is 8.77. The molecule has 0 aliphatic carbocycles. The number of fused-ring (bicyclic) bond motifs is 1. The highest BCUT2D eigenvalue weighted by molar-refractivity contribution is 7.89. The van der Waals surface area contributed by atoms with Gasteiger partial charge < -0.3 is 4.90 Å². The van der Waals surface area contributed by atoms with Crippen molar-refractivity contribution in [2.75, 3.05) is 26.2 Å². The number of nitriles is 1. The maximum atomic E-state index is 13.4. The third kappa shape index (κ3) is 4.01. The molecule has 9 nitrogen and oxygen atoms in total. The average molecular weight is 466 g/mol. The Labute approximate surface area is 191 Å². The Hall–Kier alpha value is -3.55. The van der Waals surface area contributed by atoms with Gasteiger partial charge in [-0.25, -0.2) is 13.1 Å². The first-order chi connectivity index (χ1) is 15.8. The minimum atomic E-state index is -3.86. The summed E-state index contributed by atoms with van der Waals surface area (Å²) in [6.07, 6.45) is 0. The van der Waals surface area contributed by atoms with Gasteiger partial charge >= 0.3 is 0 Å². The van der Waals surface area contributed by atoms with Gasteiger partial charge in [0.25, 0.3) is 11.5 Å². The SMILES string of the molecule is CC(C)n1nc(C(=O)N2CCN(S(=O)(=O)c3ccccc3C#N)CC2)c2ccccc2c1=O. The molecule has 0 bridgehead atoms. The summed E-state index contributed by atoms with van der Waals surface area (Å²) in [5.74, 6) is -0.352. The Balaban J connectivity index is 1.61. The molecule has 0 radical (unpaired) electrons. The third-order valence-electron chi connectivity index (χ3n) is 5.67. The summed E-state index contributed by atoms with van der Waals surface area (Å²) < 4.78 is 28.7. The van der Waals surface area contributed by atoms with Crippen LogP contribution < -0.4 is 5.56 Å². The van der Waals surface area contributed by atoms with Gasteiger partial charge in [-0.3, -0.25) is 9.59 Å². The molecule has 1 saturated heterocycles. The second-order valence-electron chi connectivity index (χ2n) is 8.04. The lowest BCUT2D eigenvalue weighted by molar-refractivity contribution is 0.0691. The van der Waals surface area contributed by atoms with Crippen LogP contribution in [0.5, 0.6) is 0 Å². The van der Waals surface area contributed by atoms with Gasteiger partial charge in [0.15, 0.2) is 5.69 Å². The smallest absolute Gasteiger partial charge is 0.275 e. The van der Waals surface area contributed by atoms with E-state index in [0.717, 1.165) is 0 Å². The van der Waals surface area contributed by atoms with E-state index in [2.05, 4.69) is 5.10 Å². The Bertz CT molecular complexity index is 1430. The number of aromatic nitrogens is 2. The fourth-order valence-corrected chi connectivity index (χ4v) is 5.48. The normalized spacial score (nSPS) is 15.0. The number of carbonyl (C=O) groups is 1. The van der Waals surface area contributed by atoms with Crippen molar-refractivity contribution in [2.45, 2.75) is 24.8 Å². The third-order valence-corrected chi connectivity index (χ3v) is 7.63. The van der Waals surface area contributed by atoms with E-state index in [4.69, 9.17) is 0 Å². The van der Waals surface area contributed by atoms with Gasteiger partial charge in [0.2, 0.25) is 10.0 Å². The van der Waals surface area contributed by atoms with E-state index in [1.807, 2.05) is 19.9 Å². The number of piperazine rings is 1. The molecule has 4 rings (SSSR count). The van der Waals surface area contributed by atoms with E-state index in [1.165, 1.54) is 21.1 Å². The highest BCUT2D eigenvalue weighted by Gasteiger charge is 2.33. The van der Waals surface area contributed by atoms with E-state index in [1.54, 1.807) is 41.3 Å². The molecule has 2 aromatic carbocycles. The van der Waals surface area contributed by atoms with Crippen molar-refractivity contribution in [1.82, 2.24) is 19.0 Å². The molecule has 10 heteroatoms. The number of rotatable bonds is 4. The van der Waals surface area contributed by atoms with Crippen LogP contribution in [0.4, 0.5) is 0 Å². The topological polar surface area (TPSA) is 116 Å². The molecular formula is C23H23N5O4S. The van der Waals surface area contributed by atoms with Gasteiger partial charge in [0.05, 0.1) is 21.9 Å². The van der Waals surface area contributed by atoms with Crippen LogP contribution in [0.3, 0.4) is 0 Å². The van der Waals surface area contributed by atoms with Gasteiger partial charge in [-0.15, -0.1) is 0 Å². The Morgan fingerprint density at radius 1 is 1.00 bits per heavy atom. The van der Waals surface area contributed by atoms with Crippen LogP contribution in [-0.4, -0.2) is 59.5 Å². The second-order valence-corrected chi connectivity index (χ2v) is 9.95. The van der Waals surface area contributed by atoms with Crippen LogP contribution in [0.1, 0.15) is 35.9 Å². The average Bonchev–Trinajstić information content (AvgIpc) is 2.84. The fraction of sp³-hybridized carbons (Fsp3) is 0.304. The molecule has 0 atom stereocenters. The molecule has 0 saturated carbocycles. The van der Waals surface area contributed by atoms with E-state index >= 15 is 0 Å². The molecule has 2 heterocycles. The molecule has 3 aromatic rings. The maximum Gasteiger partial charge on any atom is 0.275 e. The number of hydrogen-bond acceptors (Lipinski definition) is 6. The fourth-order valence-electron chi connectivity index (χ4n) is 3.92. The number of carbonyl (C=O) groups excluding carboxylic acids is 1. The van der Waals surface area contributed by atoms with Crippen molar-refractivity contribution >= 4 is 26.7 Å². The molecule has 170 valence electrons. The minimum absolute atomic E-state index is 0.0380. The first-order valence-corrected chi connectivity index (χ1v) is 12.0. The summed E-state index contributed by atoms with van der Waals surface area (Å²) in [5.41, 5.74) is -0.00290. The van der Waals surface area contributed by atoms with Gasteiger partial charge in [-0.05, 0) is 32.0 Å². The van der Waals surface area contributed by atoms with Crippen molar-refractivity contribution < 1.29 is 13.2 Å². The van der Waals surface area contributed by atoms with Gasteiger partial charge in [0.1, 0.15) is 6.07 Å². The zero-order chi connectivity index (χ0) is 23.8. The monoisotopic (exact) mass is 465 g/mol. The molecule has 0 unspecified atom stereocenters. The number of amides is 1. The number of benzene rings is 2. The van der Waals surface area contributed by atoms with Crippen LogP contribution in [0, 0.1) is 11.3 Å². The van der Waals surface area contributed by atoms with Crippen LogP contribution in [0.2, 0.25) is 0 Å². The summed E-state index contributed by atoms with van der Waals surface area (Å²) in [5, 5.41) is 14.5. The molecule has 1 aliphatic rings. The Kier molecular flexibility index (Phi) is 6.01. The summed E-state index contributed by atoms with van der Waals surface area (Å²) >= 11 is 0. The summed E-state index contributed by atoms with van der Waals surface area (Å²) in [7, 11) is -3.86. The lowest BCUT2D eigenvalue weighted by atomic mass is 10.1. The first-order valence-electron chi connectivity index (χ1n) is 10.6. The van der Waals surface area contributed by atoms with Crippen molar-refractivity contribution in [3.05, 3.63) is 70.1 Å². The van der Waals surface area contributed by atoms with Gasteiger partial charge in [0, 0.05) is 31.6 Å². The lowest BCUT2D eigenvalue weighted by Gasteiger charge is -2.34. The quantitative estimate of drug-likeness (QED) is 0.582. The number of sulfonamides is 1. The molecule has 1 aliphatic heterocycles. The van der Waals surface area contributed by atoms with Crippen LogP contribution >= 0.6 is 0 Å². The summed E-state index contributed by atoms with van der Waals surface area (Å²) in [4.78, 5) is 27.6. The lowest BCUT2D eigenvalue weighted by Crippen LogP contribution is -2.51. The van der Waals surface area contributed by atoms with Crippen molar-refractivity contribution in [1.29, 1.82) is 5.26 Å². The molecule has 1 aromatic heterocycles. The summed E-state index contributed by atoms with van der Waals surface area (Å²) in [6.45, 7) is 4.17. The largest absolute Gasteiger partial charge is 0.335 e. The van der Waals surface area contributed by atoms with Gasteiger partial charge in [-0.1, -0.05) is 30.3 Å². The van der Waals surface area contributed by atoms with E-state index in [0.29, 0.717) is 10.8 Å². The van der Waals surface area contributed by atoms with Crippen LogP contribution in [0.15, 0.2) is 58.2 Å². The van der Waals surface area contributed by atoms with E-state index in [9.17, 15) is 23.3 Å². The molecule has 1 amide bonds. The van der Waals surface area contributed by atoms with Gasteiger partial charge in [-0.2, -0.15) is 14.7 Å². The van der Waals surface area contributed by atoms with E-state index < -0.39 is 10.0 Å². The van der Waals surface area contributed by atoms with Crippen molar-refractivity contribution in [3.8, 4) is 6.07 Å².